The van der Waals surface area contributed by atoms with Crippen LogP contribution < -0.4 is 9.47 Å². The largest absolute Gasteiger partial charge is 0.459 e. The van der Waals surface area contributed by atoms with Gasteiger partial charge in [-0.2, -0.15) is 5.26 Å². The molecule has 1 amide bonds. The second kappa shape index (κ2) is 20.8. The number of carbonyl (C=O) groups is 1. The van der Waals surface area contributed by atoms with Gasteiger partial charge in [-0.1, -0.05) is 79.5 Å². The number of aliphatic hydroxyl groups is 2. The maximum Gasteiger partial charge on any atom is 0.254 e. The number of ether oxygens (including phenoxy) is 3. The molecule has 10 heteroatoms. The molecule has 7 rings (SSSR count). The Labute approximate surface area is 378 Å². The molecule has 0 bridgehead atoms. The van der Waals surface area contributed by atoms with E-state index in [1.54, 1.807) is 30.3 Å². The molecule has 1 heterocycles. The Kier molecular flexibility index (Phi) is 15.1. The van der Waals surface area contributed by atoms with Crippen LogP contribution in [0.4, 0.5) is 0 Å². The monoisotopic (exact) mass is 865 g/mol. The number of nitriles is 1. The molecule has 1 fully saturated rings. The SMILES string of the molecule is C=CCO[C@@]12Oc3ccc(Oc4ccc(-c5ccccc5)cc4)cc3[C@H]3[C@H](CCCCO)[C@@H](CCCCO)C=C(C(=NOC(C)(C)C)C[C@@H]1N(CCC)C(=O)c1ccc(C#N)cc1)[C@H]32. The fourth-order valence-corrected chi connectivity index (χ4v) is 9.88. The number of rotatable bonds is 19. The van der Waals surface area contributed by atoms with E-state index in [1.807, 2.05) is 75.1 Å². The molecule has 4 aromatic rings. The maximum absolute atomic E-state index is 15.0. The number of carbonyl (C=O) groups excluding carboxylic acids is 1. The fourth-order valence-electron chi connectivity index (χ4n) is 9.88. The molecule has 1 saturated carbocycles. The zero-order valence-corrected chi connectivity index (χ0v) is 37.7. The van der Waals surface area contributed by atoms with Crippen molar-refractivity contribution in [1.29, 1.82) is 5.26 Å². The number of hydrogen-bond donors (Lipinski definition) is 2. The lowest BCUT2D eigenvalue weighted by molar-refractivity contribution is -0.254. The van der Waals surface area contributed by atoms with Crippen LogP contribution in [-0.4, -0.2) is 70.5 Å². The number of unbranched alkanes of at least 4 members (excludes halogenated alkanes) is 2. The van der Waals surface area contributed by atoms with E-state index in [1.165, 1.54) is 0 Å². The van der Waals surface area contributed by atoms with Crippen molar-refractivity contribution < 1.29 is 34.1 Å². The highest BCUT2D eigenvalue weighted by atomic mass is 16.7. The van der Waals surface area contributed by atoms with Gasteiger partial charge in [-0.3, -0.25) is 4.79 Å². The van der Waals surface area contributed by atoms with Gasteiger partial charge < -0.3 is 34.2 Å². The smallest absolute Gasteiger partial charge is 0.254 e. The molecule has 2 N–H and O–H groups in total. The average Bonchev–Trinajstić information content (AvgIpc) is 3.30. The van der Waals surface area contributed by atoms with Crippen LogP contribution in [-0.2, 0) is 9.57 Å². The van der Waals surface area contributed by atoms with Gasteiger partial charge in [-0.15, -0.1) is 6.58 Å². The van der Waals surface area contributed by atoms with Gasteiger partial charge in [-0.05, 0) is 136 Å². The van der Waals surface area contributed by atoms with Crippen molar-refractivity contribution in [2.45, 2.75) is 102 Å². The van der Waals surface area contributed by atoms with Crippen molar-refractivity contribution in [2.75, 3.05) is 26.4 Å². The predicted octanol–water partition coefficient (Wildman–Crippen LogP) is 11.0. The average molecular weight is 866 g/mol. The summed E-state index contributed by atoms with van der Waals surface area (Å²) in [5.41, 5.74) is 5.23. The van der Waals surface area contributed by atoms with Gasteiger partial charge in [0.1, 0.15) is 28.9 Å². The standard InChI is InChI=1S/C54H63N3O7/c1-6-29-57(52(60)40-21-19-37(36-55)20-22-40)49-35-47(56-64-53(3,4)5)45-33-41(17-11-13-30-58)44(18-12-14-31-59)50-46-34-43(27-28-48(46)63-54(49,51(45)50)61-32-7-2)62-42-25-23-39(24-26-42)38-15-9-8-10-16-38/h7-10,15-16,19-28,33-34,41,44,49-51,58-59H,2,6,11-14,17-18,29-32,35H2,1,3-5H3/t41-,44+,49-,50+,51+,54+/m0/s1. The lowest BCUT2D eigenvalue weighted by atomic mass is 9.55. The van der Waals surface area contributed by atoms with Gasteiger partial charge in [0.05, 0.1) is 29.9 Å². The number of nitrogens with zero attached hydrogens (tertiary/aromatic N) is 3. The molecule has 1 aliphatic heterocycles. The first-order valence-electron chi connectivity index (χ1n) is 22.9. The maximum atomic E-state index is 15.0. The van der Waals surface area contributed by atoms with Crippen molar-refractivity contribution in [3.05, 3.63) is 138 Å². The van der Waals surface area contributed by atoms with Crippen LogP contribution in [0.5, 0.6) is 17.2 Å². The van der Waals surface area contributed by atoms with E-state index in [2.05, 4.69) is 49.1 Å². The molecule has 0 aromatic heterocycles. The first-order chi connectivity index (χ1) is 31.0. The first-order valence-corrected chi connectivity index (χ1v) is 22.9. The third-order valence-electron chi connectivity index (χ3n) is 12.6. The van der Waals surface area contributed by atoms with Gasteiger partial charge in [-0.25, -0.2) is 0 Å². The second-order valence-corrected chi connectivity index (χ2v) is 18.2. The van der Waals surface area contributed by atoms with Crippen LogP contribution in [0.15, 0.2) is 127 Å². The molecule has 4 aromatic carbocycles. The van der Waals surface area contributed by atoms with E-state index in [9.17, 15) is 20.3 Å². The van der Waals surface area contributed by atoms with Crippen LogP contribution in [0.3, 0.4) is 0 Å². The Morgan fingerprint density at radius 3 is 2.28 bits per heavy atom. The van der Waals surface area contributed by atoms with Crippen LogP contribution in [0.1, 0.15) is 106 Å². The van der Waals surface area contributed by atoms with E-state index < -0.39 is 23.3 Å². The lowest BCUT2D eigenvalue weighted by Gasteiger charge is -2.60. The van der Waals surface area contributed by atoms with Gasteiger partial charge in [0.2, 0.25) is 5.79 Å². The van der Waals surface area contributed by atoms with Crippen LogP contribution in [0.2, 0.25) is 0 Å². The highest BCUT2D eigenvalue weighted by molar-refractivity contribution is 6.03. The molecule has 0 spiro atoms. The molecule has 2 aliphatic carbocycles. The highest BCUT2D eigenvalue weighted by Crippen LogP contribution is 2.62. The Morgan fingerprint density at radius 2 is 1.62 bits per heavy atom. The highest BCUT2D eigenvalue weighted by Gasteiger charge is 2.65. The Hall–Kier alpha value is -5.73. The van der Waals surface area contributed by atoms with Crippen LogP contribution in [0, 0.1) is 29.1 Å². The van der Waals surface area contributed by atoms with Crippen molar-refractivity contribution in [2.24, 2.45) is 22.9 Å². The Balaban J connectivity index is 1.42. The number of aliphatic hydroxyl groups excluding tert-OH is 2. The number of oxime groups is 1. The molecule has 10 nitrogen and oxygen atoms in total. The summed E-state index contributed by atoms with van der Waals surface area (Å²) < 4.78 is 21.2. The van der Waals surface area contributed by atoms with Crippen molar-refractivity contribution >= 4 is 11.6 Å². The minimum Gasteiger partial charge on any atom is -0.459 e. The third-order valence-corrected chi connectivity index (χ3v) is 12.6. The summed E-state index contributed by atoms with van der Waals surface area (Å²) in [6.07, 6.45) is 9.67. The van der Waals surface area contributed by atoms with E-state index in [0.29, 0.717) is 60.6 Å². The van der Waals surface area contributed by atoms with Crippen LogP contribution >= 0.6 is 0 Å². The summed E-state index contributed by atoms with van der Waals surface area (Å²) >= 11 is 0. The van der Waals surface area contributed by atoms with E-state index in [-0.39, 0.29) is 43.5 Å². The van der Waals surface area contributed by atoms with Crippen molar-refractivity contribution in [3.8, 4) is 34.4 Å². The van der Waals surface area contributed by atoms with E-state index in [0.717, 1.165) is 53.7 Å². The number of allylic oxidation sites excluding steroid dienone is 1. The summed E-state index contributed by atoms with van der Waals surface area (Å²) in [4.78, 5) is 23.1. The summed E-state index contributed by atoms with van der Waals surface area (Å²) in [6, 6.07) is 32.6. The molecule has 0 saturated heterocycles. The van der Waals surface area contributed by atoms with Gasteiger partial charge in [0.15, 0.2) is 0 Å². The topological polar surface area (TPSA) is 134 Å². The summed E-state index contributed by atoms with van der Waals surface area (Å²) in [5, 5.41) is 34.5. The molecule has 0 radical (unpaired) electrons. The molecular formula is C54H63N3O7. The van der Waals surface area contributed by atoms with Gasteiger partial charge in [0.25, 0.3) is 5.91 Å². The first kappa shape index (κ1) is 46.3. The van der Waals surface area contributed by atoms with E-state index >= 15 is 0 Å². The molecular weight excluding hydrogens is 803 g/mol. The zero-order valence-electron chi connectivity index (χ0n) is 37.7. The molecule has 3 aliphatic rings. The number of hydrogen-bond acceptors (Lipinski definition) is 9. The molecule has 6 atom stereocenters. The number of fused-ring (bicyclic) bond motifs is 2. The Morgan fingerprint density at radius 1 is 0.938 bits per heavy atom. The minimum absolute atomic E-state index is 0.0612. The zero-order chi connectivity index (χ0) is 45.3. The van der Waals surface area contributed by atoms with E-state index in [4.69, 9.17) is 24.2 Å². The van der Waals surface area contributed by atoms with Crippen molar-refractivity contribution in [3.63, 3.8) is 0 Å². The summed E-state index contributed by atoms with van der Waals surface area (Å²) in [5.74, 6) is -0.0872. The number of amides is 1. The predicted molar refractivity (Wildman–Crippen MR) is 250 cm³/mol. The Bertz CT molecular complexity index is 2310. The van der Waals surface area contributed by atoms with Crippen LogP contribution in [0.25, 0.3) is 11.1 Å². The quantitative estimate of drug-likeness (QED) is 0.0541. The third kappa shape index (κ3) is 10.1. The fraction of sp³-hybridized carbons (Fsp3) is 0.426. The molecule has 0 unspecified atom stereocenters. The summed E-state index contributed by atoms with van der Waals surface area (Å²) in [6.45, 7) is 12.8. The summed E-state index contributed by atoms with van der Waals surface area (Å²) in [7, 11) is 0. The second-order valence-electron chi connectivity index (χ2n) is 18.2. The minimum atomic E-state index is -1.39. The normalized spacial score (nSPS) is 22.9. The molecule has 64 heavy (non-hydrogen) atoms. The van der Waals surface area contributed by atoms with Crippen molar-refractivity contribution in [1.82, 2.24) is 4.90 Å². The number of benzene rings is 4. The molecule has 336 valence electrons. The van der Waals surface area contributed by atoms with Gasteiger partial charge >= 0.3 is 0 Å². The lowest BCUT2D eigenvalue weighted by Crippen LogP contribution is -2.70. The van der Waals surface area contributed by atoms with Gasteiger partial charge in [0, 0.05) is 43.2 Å².